The summed E-state index contributed by atoms with van der Waals surface area (Å²) in [5.41, 5.74) is -0.0524. The van der Waals surface area contributed by atoms with Gasteiger partial charge in [0.25, 0.3) is 0 Å². The molecule has 1 saturated heterocycles. The molecule has 0 bridgehead atoms. The van der Waals surface area contributed by atoms with Crippen LogP contribution in [0.15, 0.2) is 24.8 Å². The first-order chi connectivity index (χ1) is 9.63. The van der Waals surface area contributed by atoms with E-state index in [0.717, 1.165) is 19.5 Å². The van der Waals surface area contributed by atoms with Crippen LogP contribution in [0.1, 0.15) is 23.0 Å². The maximum Gasteiger partial charge on any atom is 0.356 e. The number of anilines is 1. The SMILES string of the molecule is O=C(O)c1cnc(N2CCC(n3cc(Cl)cn3)C2)cn1. The van der Waals surface area contributed by atoms with Crippen LogP contribution in [-0.2, 0) is 0 Å². The van der Waals surface area contributed by atoms with E-state index < -0.39 is 5.97 Å². The van der Waals surface area contributed by atoms with Crippen molar-refractivity contribution in [2.45, 2.75) is 12.5 Å². The van der Waals surface area contributed by atoms with E-state index in [0.29, 0.717) is 10.8 Å². The molecule has 3 heterocycles. The Morgan fingerprint density at radius 3 is 2.80 bits per heavy atom. The lowest BCUT2D eigenvalue weighted by atomic mass is 10.3. The molecule has 3 rings (SSSR count). The van der Waals surface area contributed by atoms with E-state index in [2.05, 4.69) is 20.0 Å². The fourth-order valence-electron chi connectivity index (χ4n) is 2.28. The van der Waals surface area contributed by atoms with Crippen molar-refractivity contribution in [3.05, 3.63) is 35.5 Å². The number of carboxylic acids is 1. The molecule has 1 aliphatic rings. The van der Waals surface area contributed by atoms with Crippen molar-refractivity contribution >= 4 is 23.4 Å². The van der Waals surface area contributed by atoms with Gasteiger partial charge in [0.1, 0.15) is 5.82 Å². The maximum atomic E-state index is 10.7. The second-order valence-corrected chi connectivity index (χ2v) is 5.03. The van der Waals surface area contributed by atoms with Crippen molar-refractivity contribution in [1.29, 1.82) is 0 Å². The van der Waals surface area contributed by atoms with Gasteiger partial charge < -0.3 is 10.0 Å². The summed E-state index contributed by atoms with van der Waals surface area (Å²) in [4.78, 5) is 20.8. The zero-order valence-electron chi connectivity index (χ0n) is 10.5. The van der Waals surface area contributed by atoms with Gasteiger partial charge in [-0.3, -0.25) is 4.68 Å². The molecule has 1 fully saturated rings. The largest absolute Gasteiger partial charge is 0.476 e. The third kappa shape index (κ3) is 2.44. The summed E-state index contributed by atoms with van der Waals surface area (Å²) in [6.07, 6.45) is 7.11. The molecule has 0 saturated carbocycles. The molecular formula is C12H12ClN5O2. The Morgan fingerprint density at radius 1 is 1.35 bits per heavy atom. The highest BCUT2D eigenvalue weighted by molar-refractivity contribution is 6.30. The average Bonchev–Trinajstić information content (AvgIpc) is 3.07. The molecule has 0 aromatic carbocycles. The first-order valence-electron chi connectivity index (χ1n) is 6.13. The van der Waals surface area contributed by atoms with E-state index in [4.69, 9.17) is 16.7 Å². The number of hydrogen-bond acceptors (Lipinski definition) is 5. The van der Waals surface area contributed by atoms with Crippen LogP contribution in [0, 0.1) is 0 Å². The minimum absolute atomic E-state index is 0.0524. The van der Waals surface area contributed by atoms with Gasteiger partial charge in [0.2, 0.25) is 0 Å². The van der Waals surface area contributed by atoms with E-state index in [1.165, 1.54) is 12.4 Å². The summed E-state index contributed by atoms with van der Waals surface area (Å²) in [7, 11) is 0. The highest BCUT2D eigenvalue weighted by Crippen LogP contribution is 2.25. The van der Waals surface area contributed by atoms with Gasteiger partial charge in [-0.15, -0.1) is 0 Å². The molecular weight excluding hydrogens is 282 g/mol. The van der Waals surface area contributed by atoms with Crippen LogP contribution < -0.4 is 4.90 Å². The Morgan fingerprint density at radius 2 is 2.20 bits per heavy atom. The van der Waals surface area contributed by atoms with Crippen molar-refractivity contribution in [1.82, 2.24) is 19.7 Å². The molecule has 1 N–H and O–H groups in total. The number of carboxylic acid groups (broad SMARTS) is 1. The molecule has 1 aliphatic heterocycles. The van der Waals surface area contributed by atoms with Gasteiger partial charge in [-0.2, -0.15) is 5.10 Å². The fraction of sp³-hybridized carbons (Fsp3) is 0.333. The predicted octanol–water partition coefficient (Wildman–Crippen LogP) is 1.48. The quantitative estimate of drug-likeness (QED) is 0.922. The van der Waals surface area contributed by atoms with E-state index >= 15 is 0 Å². The molecule has 104 valence electrons. The Hall–Kier alpha value is -2.15. The van der Waals surface area contributed by atoms with Gasteiger partial charge >= 0.3 is 5.97 Å². The number of aromatic nitrogens is 4. The lowest BCUT2D eigenvalue weighted by Gasteiger charge is -2.17. The standard InChI is InChI=1S/C12H12ClN5O2/c13-8-3-16-18(6-8)9-1-2-17(7-9)11-5-14-10(4-15-11)12(19)20/h3-6,9H,1-2,7H2,(H,19,20). The third-order valence-electron chi connectivity index (χ3n) is 3.29. The van der Waals surface area contributed by atoms with Crippen molar-refractivity contribution < 1.29 is 9.90 Å². The lowest BCUT2D eigenvalue weighted by molar-refractivity contribution is 0.0690. The highest BCUT2D eigenvalue weighted by atomic mass is 35.5. The molecule has 0 aliphatic carbocycles. The Balaban J connectivity index is 1.72. The van der Waals surface area contributed by atoms with E-state index in [1.807, 2.05) is 4.68 Å². The van der Waals surface area contributed by atoms with Crippen LogP contribution in [0.2, 0.25) is 5.02 Å². The minimum Gasteiger partial charge on any atom is -0.476 e. The number of aromatic carboxylic acids is 1. The lowest BCUT2D eigenvalue weighted by Crippen LogP contribution is -2.22. The summed E-state index contributed by atoms with van der Waals surface area (Å²) in [6.45, 7) is 1.57. The van der Waals surface area contributed by atoms with Crippen LogP contribution in [-0.4, -0.2) is 43.9 Å². The summed E-state index contributed by atoms with van der Waals surface area (Å²) >= 11 is 5.86. The average molecular weight is 294 g/mol. The molecule has 1 unspecified atom stereocenters. The summed E-state index contributed by atoms with van der Waals surface area (Å²) in [6, 6.07) is 0.239. The number of nitrogens with zero attached hydrogens (tertiary/aromatic N) is 5. The smallest absolute Gasteiger partial charge is 0.356 e. The van der Waals surface area contributed by atoms with E-state index in [-0.39, 0.29) is 11.7 Å². The predicted molar refractivity (Wildman–Crippen MR) is 72.1 cm³/mol. The normalized spacial score (nSPS) is 18.4. The molecule has 7 nitrogen and oxygen atoms in total. The van der Waals surface area contributed by atoms with E-state index in [1.54, 1.807) is 12.4 Å². The number of hydrogen-bond donors (Lipinski definition) is 1. The van der Waals surface area contributed by atoms with Crippen molar-refractivity contribution in [3.8, 4) is 0 Å². The first kappa shape index (κ1) is 12.9. The van der Waals surface area contributed by atoms with Crippen LogP contribution >= 0.6 is 11.6 Å². The summed E-state index contributed by atoms with van der Waals surface area (Å²) in [5, 5.41) is 13.6. The van der Waals surface area contributed by atoms with Gasteiger partial charge in [-0.05, 0) is 6.42 Å². The molecule has 0 amide bonds. The topological polar surface area (TPSA) is 84.1 Å². The van der Waals surface area contributed by atoms with E-state index in [9.17, 15) is 4.79 Å². The Labute approximate surface area is 119 Å². The second kappa shape index (κ2) is 5.09. The number of carbonyl (C=O) groups is 1. The number of halogens is 1. The first-order valence-corrected chi connectivity index (χ1v) is 6.51. The van der Waals surface area contributed by atoms with Gasteiger partial charge in [-0.25, -0.2) is 14.8 Å². The van der Waals surface area contributed by atoms with Gasteiger partial charge in [-0.1, -0.05) is 11.6 Å². The second-order valence-electron chi connectivity index (χ2n) is 4.59. The monoisotopic (exact) mass is 293 g/mol. The summed E-state index contributed by atoms with van der Waals surface area (Å²) in [5.74, 6) is -0.398. The molecule has 2 aromatic heterocycles. The minimum atomic E-state index is -1.07. The van der Waals surface area contributed by atoms with Crippen LogP contribution in [0.4, 0.5) is 5.82 Å². The van der Waals surface area contributed by atoms with Crippen molar-refractivity contribution in [2.75, 3.05) is 18.0 Å². The summed E-state index contributed by atoms with van der Waals surface area (Å²) < 4.78 is 1.85. The van der Waals surface area contributed by atoms with Gasteiger partial charge in [0.05, 0.1) is 29.7 Å². The Bertz CT molecular complexity index is 627. The van der Waals surface area contributed by atoms with Gasteiger partial charge in [0.15, 0.2) is 5.69 Å². The maximum absolute atomic E-state index is 10.7. The van der Waals surface area contributed by atoms with Crippen LogP contribution in [0.3, 0.4) is 0 Å². The van der Waals surface area contributed by atoms with Gasteiger partial charge in [0, 0.05) is 19.3 Å². The zero-order chi connectivity index (χ0) is 14.1. The van der Waals surface area contributed by atoms with Crippen molar-refractivity contribution in [2.24, 2.45) is 0 Å². The fourth-order valence-corrected chi connectivity index (χ4v) is 2.42. The third-order valence-corrected chi connectivity index (χ3v) is 3.48. The number of rotatable bonds is 3. The van der Waals surface area contributed by atoms with Crippen molar-refractivity contribution in [3.63, 3.8) is 0 Å². The molecule has 0 radical (unpaired) electrons. The Kier molecular flexibility index (Phi) is 3.27. The zero-order valence-corrected chi connectivity index (χ0v) is 11.2. The molecule has 1 atom stereocenters. The highest BCUT2D eigenvalue weighted by Gasteiger charge is 2.25. The van der Waals surface area contributed by atoms with Crippen LogP contribution in [0.25, 0.3) is 0 Å². The molecule has 20 heavy (non-hydrogen) atoms. The van der Waals surface area contributed by atoms with Crippen LogP contribution in [0.5, 0.6) is 0 Å². The molecule has 8 heteroatoms. The molecule has 2 aromatic rings. The molecule has 0 spiro atoms.